The molecule has 0 saturated heterocycles. The highest BCUT2D eigenvalue weighted by Gasteiger charge is 2.12. The SMILES string of the molecule is CCC(CC(N)=S)NC(=O)c1ccc(Cl)cc1. The third-order valence-electron chi connectivity index (χ3n) is 2.38. The topological polar surface area (TPSA) is 55.1 Å². The molecule has 3 N–H and O–H groups in total. The molecule has 1 aromatic rings. The van der Waals surface area contributed by atoms with Crippen molar-refractivity contribution in [3.05, 3.63) is 34.9 Å². The number of thiocarbonyl (C=S) groups is 1. The molecule has 5 heteroatoms. The highest BCUT2D eigenvalue weighted by Crippen LogP contribution is 2.10. The Morgan fingerprint density at radius 1 is 1.47 bits per heavy atom. The van der Waals surface area contributed by atoms with E-state index in [0.717, 1.165) is 6.42 Å². The summed E-state index contributed by atoms with van der Waals surface area (Å²) in [6, 6.07) is 6.72. The van der Waals surface area contributed by atoms with Crippen molar-refractivity contribution in [1.82, 2.24) is 5.32 Å². The summed E-state index contributed by atoms with van der Waals surface area (Å²) in [7, 11) is 0. The van der Waals surface area contributed by atoms with Crippen LogP contribution >= 0.6 is 23.8 Å². The monoisotopic (exact) mass is 270 g/mol. The number of rotatable bonds is 5. The van der Waals surface area contributed by atoms with Gasteiger partial charge in [0.15, 0.2) is 0 Å². The first kappa shape index (κ1) is 13.9. The molecule has 17 heavy (non-hydrogen) atoms. The molecule has 0 aliphatic heterocycles. The lowest BCUT2D eigenvalue weighted by Crippen LogP contribution is -2.37. The Hall–Kier alpha value is -1.13. The Morgan fingerprint density at radius 3 is 2.53 bits per heavy atom. The van der Waals surface area contributed by atoms with Crippen molar-refractivity contribution in [2.75, 3.05) is 0 Å². The molecule has 1 rings (SSSR count). The quantitative estimate of drug-likeness (QED) is 0.809. The molecule has 0 aromatic heterocycles. The van der Waals surface area contributed by atoms with Gasteiger partial charge < -0.3 is 11.1 Å². The first-order chi connectivity index (χ1) is 8.02. The number of amides is 1. The molecule has 0 radical (unpaired) electrons. The minimum absolute atomic E-state index is 0.0179. The van der Waals surface area contributed by atoms with Crippen LogP contribution in [0.2, 0.25) is 5.02 Å². The predicted molar refractivity (Wildman–Crippen MR) is 74.4 cm³/mol. The molecule has 0 aliphatic rings. The van der Waals surface area contributed by atoms with Gasteiger partial charge in [-0.15, -0.1) is 0 Å². The van der Waals surface area contributed by atoms with E-state index in [-0.39, 0.29) is 11.9 Å². The van der Waals surface area contributed by atoms with Gasteiger partial charge in [0.2, 0.25) is 0 Å². The van der Waals surface area contributed by atoms with Gasteiger partial charge in [0.05, 0.1) is 4.99 Å². The third-order valence-corrected chi connectivity index (χ3v) is 2.80. The number of halogens is 1. The third kappa shape index (κ3) is 4.71. The van der Waals surface area contributed by atoms with E-state index in [0.29, 0.717) is 22.0 Å². The second kappa shape index (κ2) is 6.57. The molecule has 0 bridgehead atoms. The van der Waals surface area contributed by atoms with E-state index < -0.39 is 0 Å². The van der Waals surface area contributed by atoms with Crippen molar-refractivity contribution in [1.29, 1.82) is 0 Å². The fourth-order valence-corrected chi connectivity index (χ4v) is 1.74. The van der Waals surface area contributed by atoms with Gasteiger partial charge in [0.25, 0.3) is 5.91 Å². The van der Waals surface area contributed by atoms with Crippen molar-refractivity contribution in [2.24, 2.45) is 5.73 Å². The summed E-state index contributed by atoms with van der Waals surface area (Å²) in [6.07, 6.45) is 1.31. The van der Waals surface area contributed by atoms with Gasteiger partial charge >= 0.3 is 0 Å². The number of hydrogen-bond acceptors (Lipinski definition) is 2. The molecule has 0 spiro atoms. The lowest BCUT2D eigenvalue weighted by atomic mass is 10.1. The number of carbonyl (C=O) groups excluding carboxylic acids is 1. The average Bonchev–Trinajstić information content (AvgIpc) is 2.28. The summed E-state index contributed by atoms with van der Waals surface area (Å²) in [4.78, 5) is 12.3. The fourth-order valence-electron chi connectivity index (χ4n) is 1.41. The summed E-state index contributed by atoms with van der Waals surface area (Å²) in [6.45, 7) is 1.98. The Kier molecular flexibility index (Phi) is 5.38. The van der Waals surface area contributed by atoms with E-state index in [1.54, 1.807) is 24.3 Å². The maximum absolute atomic E-state index is 11.9. The Balaban J connectivity index is 2.64. The molecule has 0 aliphatic carbocycles. The van der Waals surface area contributed by atoms with Crippen molar-refractivity contribution in [3.63, 3.8) is 0 Å². The predicted octanol–water partition coefficient (Wildman–Crippen LogP) is 2.52. The van der Waals surface area contributed by atoms with E-state index in [9.17, 15) is 4.79 Å². The first-order valence-corrected chi connectivity index (χ1v) is 6.16. The van der Waals surface area contributed by atoms with E-state index in [1.165, 1.54) is 0 Å². The van der Waals surface area contributed by atoms with Crippen molar-refractivity contribution < 1.29 is 4.79 Å². The maximum atomic E-state index is 11.9. The lowest BCUT2D eigenvalue weighted by Gasteiger charge is -2.16. The molecule has 0 fully saturated rings. The van der Waals surface area contributed by atoms with Gasteiger partial charge in [0.1, 0.15) is 0 Å². The molecule has 3 nitrogen and oxygen atoms in total. The van der Waals surface area contributed by atoms with Crippen molar-refractivity contribution in [2.45, 2.75) is 25.8 Å². The average molecular weight is 271 g/mol. The normalized spacial score (nSPS) is 11.9. The van der Waals surface area contributed by atoms with Crippen LogP contribution < -0.4 is 11.1 Å². The molecular formula is C12H15ClN2OS. The Labute approximate surface area is 111 Å². The van der Waals surface area contributed by atoms with E-state index >= 15 is 0 Å². The summed E-state index contributed by atoms with van der Waals surface area (Å²) < 4.78 is 0. The lowest BCUT2D eigenvalue weighted by molar-refractivity contribution is 0.0937. The zero-order chi connectivity index (χ0) is 12.8. The summed E-state index contributed by atoms with van der Waals surface area (Å²) in [5.74, 6) is -0.134. The number of benzene rings is 1. The van der Waals surface area contributed by atoms with Gasteiger partial charge in [-0.1, -0.05) is 30.7 Å². The second-order valence-electron chi connectivity index (χ2n) is 3.76. The summed E-state index contributed by atoms with van der Waals surface area (Å²) in [5.41, 5.74) is 6.05. The van der Waals surface area contributed by atoms with Crippen LogP contribution in [-0.4, -0.2) is 16.9 Å². The van der Waals surface area contributed by atoms with Crippen LogP contribution in [0.1, 0.15) is 30.1 Å². The van der Waals surface area contributed by atoms with E-state index in [1.807, 2.05) is 6.92 Å². The minimum atomic E-state index is -0.134. The van der Waals surface area contributed by atoms with Crippen LogP contribution in [-0.2, 0) is 0 Å². The van der Waals surface area contributed by atoms with Gasteiger partial charge in [-0.2, -0.15) is 0 Å². The molecule has 1 unspecified atom stereocenters. The highest BCUT2D eigenvalue weighted by atomic mass is 35.5. The van der Waals surface area contributed by atoms with Gasteiger partial charge in [0, 0.05) is 23.0 Å². The van der Waals surface area contributed by atoms with Crippen LogP contribution in [0.25, 0.3) is 0 Å². The van der Waals surface area contributed by atoms with Crippen molar-refractivity contribution >= 4 is 34.7 Å². The van der Waals surface area contributed by atoms with Crippen LogP contribution in [0, 0.1) is 0 Å². The van der Waals surface area contributed by atoms with Crippen LogP contribution in [0.5, 0.6) is 0 Å². The standard InChI is InChI=1S/C12H15ClN2OS/c1-2-10(7-11(14)17)15-12(16)8-3-5-9(13)6-4-8/h3-6,10H,2,7H2,1H3,(H2,14,17)(H,15,16). The minimum Gasteiger partial charge on any atom is -0.393 e. The zero-order valence-corrected chi connectivity index (χ0v) is 11.1. The molecule has 1 aromatic carbocycles. The number of hydrogen-bond donors (Lipinski definition) is 2. The first-order valence-electron chi connectivity index (χ1n) is 5.37. The molecule has 1 amide bonds. The van der Waals surface area contributed by atoms with Crippen molar-refractivity contribution in [3.8, 4) is 0 Å². The maximum Gasteiger partial charge on any atom is 0.251 e. The Morgan fingerprint density at radius 2 is 2.06 bits per heavy atom. The highest BCUT2D eigenvalue weighted by molar-refractivity contribution is 7.80. The second-order valence-corrected chi connectivity index (χ2v) is 4.72. The van der Waals surface area contributed by atoms with Gasteiger partial charge in [-0.05, 0) is 30.7 Å². The van der Waals surface area contributed by atoms with Crippen LogP contribution in [0.15, 0.2) is 24.3 Å². The molecule has 0 heterocycles. The summed E-state index contributed by atoms with van der Waals surface area (Å²) >= 11 is 10.6. The smallest absolute Gasteiger partial charge is 0.251 e. The van der Waals surface area contributed by atoms with E-state index in [2.05, 4.69) is 5.32 Å². The Bertz CT molecular complexity index is 405. The largest absolute Gasteiger partial charge is 0.393 e. The van der Waals surface area contributed by atoms with Crippen LogP contribution in [0.3, 0.4) is 0 Å². The van der Waals surface area contributed by atoms with E-state index in [4.69, 9.17) is 29.6 Å². The number of nitrogens with two attached hydrogens (primary N) is 1. The van der Waals surface area contributed by atoms with Gasteiger partial charge in [-0.25, -0.2) is 0 Å². The fraction of sp³-hybridized carbons (Fsp3) is 0.333. The molecule has 0 saturated carbocycles. The van der Waals surface area contributed by atoms with Crippen LogP contribution in [0.4, 0.5) is 0 Å². The molecule has 1 atom stereocenters. The van der Waals surface area contributed by atoms with Gasteiger partial charge in [-0.3, -0.25) is 4.79 Å². The molecular weight excluding hydrogens is 256 g/mol. The summed E-state index contributed by atoms with van der Waals surface area (Å²) in [5, 5.41) is 3.49. The zero-order valence-electron chi connectivity index (χ0n) is 9.57. The molecule has 92 valence electrons. The number of nitrogens with one attached hydrogen (secondary N) is 1. The number of carbonyl (C=O) groups is 1.